The summed E-state index contributed by atoms with van der Waals surface area (Å²) in [6.07, 6.45) is -4.50. The van der Waals surface area contributed by atoms with E-state index < -0.39 is 17.6 Å². The lowest BCUT2D eigenvalue weighted by molar-refractivity contribution is -0.137. The van der Waals surface area contributed by atoms with Gasteiger partial charge in [-0.05, 0) is 71.8 Å². The molecule has 3 aromatic rings. The van der Waals surface area contributed by atoms with Gasteiger partial charge in [0.15, 0.2) is 0 Å². The highest BCUT2D eigenvalue weighted by Crippen LogP contribution is 2.29. The largest absolute Gasteiger partial charge is 0.416 e. The SMILES string of the molecule is Cc1ccsc1CN(Cc1ccc(F)cc1)C(=O)CN(CC(C)C)C(=O)c1ccc(C(F)(F)F)cc1. The third-order valence-corrected chi connectivity index (χ3v) is 6.61. The number of amides is 2. The first-order valence-corrected chi connectivity index (χ1v) is 12.3. The van der Waals surface area contributed by atoms with Crippen LogP contribution in [0.2, 0.25) is 0 Å². The van der Waals surface area contributed by atoms with Crippen LogP contribution in [0.25, 0.3) is 0 Å². The van der Waals surface area contributed by atoms with Gasteiger partial charge in [-0.3, -0.25) is 9.59 Å². The van der Waals surface area contributed by atoms with Crippen LogP contribution < -0.4 is 0 Å². The first-order chi connectivity index (χ1) is 16.9. The van der Waals surface area contributed by atoms with Gasteiger partial charge in [0.05, 0.1) is 12.1 Å². The number of benzene rings is 2. The smallest absolute Gasteiger partial charge is 0.332 e. The van der Waals surface area contributed by atoms with Crippen molar-refractivity contribution < 1.29 is 27.2 Å². The summed E-state index contributed by atoms with van der Waals surface area (Å²) in [4.78, 5) is 30.7. The van der Waals surface area contributed by atoms with Gasteiger partial charge in [-0.25, -0.2) is 4.39 Å². The van der Waals surface area contributed by atoms with E-state index in [4.69, 9.17) is 0 Å². The summed E-state index contributed by atoms with van der Waals surface area (Å²) in [5, 5.41) is 1.93. The minimum Gasteiger partial charge on any atom is -0.332 e. The molecule has 36 heavy (non-hydrogen) atoms. The number of hydrogen-bond donors (Lipinski definition) is 0. The molecule has 1 heterocycles. The van der Waals surface area contributed by atoms with E-state index in [1.807, 2.05) is 32.2 Å². The lowest BCUT2D eigenvalue weighted by atomic mass is 10.1. The Balaban J connectivity index is 1.83. The van der Waals surface area contributed by atoms with Gasteiger partial charge in [-0.2, -0.15) is 13.2 Å². The summed E-state index contributed by atoms with van der Waals surface area (Å²) < 4.78 is 52.2. The highest BCUT2D eigenvalue weighted by molar-refractivity contribution is 7.10. The minimum atomic E-state index is -4.50. The number of carbonyl (C=O) groups excluding carboxylic acids is 2. The predicted octanol–water partition coefficient (Wildman–Crippen LogP) is 6.54. The lowest BCUT2D eigenvalue weighted by Crippen LogP contribution is -2.43. The fraction of sp³-hybridized carbons (Fsp3) is 0.333. The molecule has 0 aliphatic carbocycles. The number of alkyl halides is 3. The Morgan fingerprint density at radius 3 is 2.08 bits per heavy atom. The molecule has 0 spiro atoms. The van der Waals surface area contributed by atoms with Crippen LogP contribution in [0.3, 0.4) is 0 Å². The molecule has 0 fully saturated rings. The van der Waals surface area contributed by atoms with Gasteiger partial charge in [0.2, 0.25) is 5.91 Å². The fourth-order valence-electron chi connectivity index (χ4n) is 3.69. The molecule has 0 saturated carbocycles. The van der Waals surface area contributed by atoms with Crippen LogP contribution in [-0.2, 0) is 24.1 Å². The molecule has 192 valence electrons. The summed E-state index contributed by atoms with van der Waals surface area (Å²) >= 11 is 1.52. The molecule has 2 amide bonds. The van der Waals surface area contributed by atoms with Gasteiger partial charge in [0.1, 0.15) is 12.4 Å². The standard InChI is InChI=1S/C27H28F4N2O2S/c1-18(2)14-33(26(35)21-6-8-22(9-7-21)27(29,30)31)17-25(34)32(16-24-19(3)12-13-36-24)15-20-4-10-23(28)11-5-20/h4-13,18H,14-17H2,1-3H3. The summed E-state index contributed by atoms with van der Waals surface area (Å²) in [5.41, 5.74) is 1.01. The van der Waals surface area contributed by atoms with Crippen molar-refractivity contribution in [2.45, 2.75) is 40.0 Å². The third kappa shape index (κ3) is 7.40. The van der Waals surface area contributed by atoms with Gasteiger partial charge < -0.3 is 9.80 Å². The van der Waals surface area contributed by atoms with E-state index >= 15 is 0 Å². The lowest BCUT2D eigenvalue weighted by Gasteiger charge is -2.29. The summed E-state index contributed by atoms with van der Waals surface area (Å²) in [5.74, 6) is -1.18. The molecule has 2 aromatic carbocycles. The van der Waals surface area contributed by atoms with Gasteiger partial charge in [0.25, 0.3) is 5.91 Å². The molecular weight excluding hydrogens is 492 g/mol. The molecule has 0 atom stereocenters. The quantitative estimate of drug-likeness (QED) is 0.301. The maximum Gasteiger partial charge on any atom is 0.416 e. The first-order valence-electron chi connectivity index (χ1n) is 11.5. The van der Waals surface area contributed by atoms with E-state index in [1.54, 1.807) is 17.0 Å². The Labute approximate surface area is 212 Å². The second-order valence-corrected chi connectivity index (χ2v) is 10.1. The van der Waals surface area contributed by atoms with E-state index in [2.05, 4.69) is 0 Å². The monoisotopic (exact) mass is 520 g/mol. The van der Waals surface area contributed by atoms with E-state index in [9.17, 15) is 27.2 Å². The van der Waals surface area contributed by atoms with E-state index in [0.717, 1.165) is 40.3 Å². The molecule has 0 radical (unpaired) electrons. The van der Waals surface area contributed by atoms with Crippen LogP contribution in [0.15, 0.2) is 60.0 Å². The van der Waals surface area contributed by atoms with E-state index in [0.29, 0.717) is 6.54 Å². The Kier molecular flexibility index (Phi) is 8.89. The topological polar surface area (TPSA) is 40.6 Å². The van der Waals surface area contributed by atoms with Gasteiger partial charge in [-0.15, -0.1) is 11.3 Å². The average Bonchev–Trinajstić information content (AvgIpc) is 3.22. The number of rotatable bonds is 9. The van der Waals surface area contributed by atoms with Crippen LogP contribution >= 0.6 is 11.3 Å². The Bertz CT molecular complexity index is 1170. The Morgan fingerprint density at radius 1 is 0.917 bits per heavy atom. The van der Waals surface area contributed by atoms with Crippen molar-refractivity contribution in [1.29, 1.82) is 0 Å². The average molecular weight is 521 g/mol. The van der Waals surface area contributed by atoms with E-state index in [1.165, 1.54) is 28.4 Å². The van der Waals surface area contributed by atoms with Crippen molar-refractivity contribution in [1.82, 2.24) is 9.80 Å². The van der Waals surface area contributed by atoms with Crippen LogP contribution in [0.1, 0.15) is 45.8 Å². The molecule has 3 rings (SSSR count). The molecule has 9 heteroatoms. The zero-order valence-electron chi connectivity index (χ0n) is 20.3. The van der Waals surface area contributed by atoms with Crippen LogP contribution in [0, 0.1) is 18.7 Å². The Morgan fingerprint density at radius 2 is 1.56 bits per heavy atom. The number of carbonyl (C=O) groups is 2. The van der Waals surface area contributed by atoms with Crippen LogP contribution in [-0.4, -0.2) is 34.7 Å². The number of nitrogens with zero attached hydrogens (tertiary/aromatic N) is 2. The van der Waals surface area contributed by atoms with Crippen molar-refractivity contribution in [3.8, 4) is 0 Å². The van der Waals surface area contributed by atoms with Crippen molar-refractivity contribution in [3.63, 3.8) is 0 Å². The molecule has 0 saturated heterocycles. The van der Waals surface area contributed by atoms with Crippen LogP contribution in [0.5, 0.6) is 0 Å². The maximum atomic E-state index is 13.5. The Hall–Kier alpha value is -3.20. The predicted molar refractivity (Wildman–Crippen MR) is 132 cm³/mol. The zero-order valence-corrected chi connectivity index (χ0v) is 21.1. The van der Waals surface area contributed by atoms with Gasteiger partial charge in [-0.1, -0.05) is 26.0 Å². The van der Waals surface area contributed by atoms with Crippen molar-refractivity contribution in [3.05, 3.63) is 92.9 Å². The number of hydrogen-bond acceptors (Lipinski definition) is 3. The molecule has 0 N–H and O–H groups in total. The maximum absolute atomic E-state index is 13.5. The summed E-state index contributed by atoms with van der Waals surface area (Å²) in [7, 11) is 0. The number of aryl methyl sites for hydroxylation is 1. The van der Waals surface area contributed by atoms with Gasteiger partial charge in [0, 0.05) is 23.5 Å². The molecule has 4 nitrogen and oxygen atoms in total. The molecule has 0 bridgehead atoms. The number of thiophene rings is 1. The van der Waals surface area contributed by atoms with Gasteiger partial charge >= 0.3 is 6.18 Å². The minimum absolute atomic E-state index is 0.0290. The zero-order chi connectivity index (χ0) is 26.5. The van der Waals surface area contributed by atoms with Crippen molar-refractivity contribution in [2.75, 3.05) is 13.1 Å². The summed E-state index contributed by atoms with van der Waals surface area (Å²) in [6.45, 7) is 6.30. The first kappa shape index (κ1) is 27.4. The molecule has 0 aliphatic heterocycles. The number of halogens is 4. The molecule has 0 unspecified atom stereocenters. The third-order valence-electron chi connectivity index (χ3n) is 5.60. The summed E-state index contributed by atoms with van der Waals surface area (Å²) in [6, 6.07) is 11.8. The highest BCUT2D eigenvalue weighted by Gasteiger charge is 2.31. The normalized spacial score (nSPS) is 11.6. The molecular formula is C27H28F4N2O2S. The second-order valence-electron chi connectivity index (χ2n) is 9.06. The van der Waals surface area contributed by atoms with Crippen molar-refractivity contribution in [2.24, 2.45) is 5.92 Å². The second kappa shape index (κ2) is 11.7. The van der Waals surface area contributed by atoms with E-state index in [-0.39, 0.29) is 42.8 Å². The highest BCUT2D eigenvalue weighted by atomic mass is 32.1. The molecule has 1 aromatic heterocycles. The van der Waals surface area contributed by atoms with Crippen LogP contribution in [0.4, 0.5) is 17.6 Å². The molecule has 0 aliphatic rings. The van der Waals surface area contributed by atoms with Crippen molar-refractivity contribution >= 4 is 23.2 Å². The fourth-order valence-corrected chi connectivity index (χ4v) is 4.61.